The van der Waals surface area contributed by atoms with Crippen molar-refractivity contribution in [3.05, 3.63) is 72.3 Å². The molecule has 0 fully saturated rings. The molecule has 1 aliphatic rings. The van der Waals surface area contributed by atoms with Gasteiger partial charge in [0.15, 0.2) is 11.7 Å². The van der Waals surface area contributed by atoms with Crippen LogP contribution in [0.2, 0.25) is 0 Å². The lowest BCUT2D eigenvalue weighted by Gasteiger charge is -2.06. The third kappa shape index (κ3) is 2.68. The fourth-order valence-electron chi connectivity index (χ4n) is 2.38. The van der Waals surface area contributed by atoms with E-state index in [1.807, 2.05) is 42.5 Å². The summed E-state index contributed by atoms with van der Waals surface area (Å²) >= 11 is 0. The molecule has 118 valence electrons. The quantitative estimate of drug-likeness (QED) is 0.767. The summed E-state index contributed by atoms with van der Waals surface area (Å²) in [7, 11) is 0. The second kappa shape index (κ2) is 6.05. The van der Waals surface area contributed by atoms with E-state index in [1.54, 1.807) is 18.6 Å². The van der Waals surface area contributed by atoms with Crippen LogP contribution in [0.15, 0.2) is 66.0 Å². The van der Waals surface area contributed by atoms with Crippen LogP contribution < -0.4 is 11.2 Å². The Labute approximate surface area is 138 Å². The first kappa shape index (κ1) is 14.3. The first-order valence-electron chi connectivity index (χ1n) is 7.39. The fourth-order valence-corrected chi connectivity index (χ4v) is 2.38. The van der Waals surface area contributed by atoms with Gasteiger partial charge in [-0.3, -0.25) is 4.98 Å². The molecule has 0 saturated carbocycles. The lowest BCUT2D eigenvalue weighted by molar-refractivity contribution is 0.0376. The molecular weight excluding hydrogens is 304 g/mol. The highest BCUT2D eigenvalue weighted by molar-refractivity contribution is 6.01. The number of nitrogen functional groups attached to an aromatic ring is 1. The number of hydroxylamine groups is 1. The van der Waals surface area contributed by atoms with Gasteiger partial charge in [-0.15, -0.1) is 0 Å². The second-order valence-electron chi connectivity index (χ2n) is 5.19. The van der Waals surface area contributed by atoms with Crippen molar-refractivity contribution in [3.63, 3.8) is 0 Å². The van der Waals surface area contributed by atoms with E-state index >= 15 is 0 Å². The highest BCUT2D eigenvalue weighted by Gasteiger charge is 2.23. The molecule has 1 aliphatic heterocycles. The van der Waals surface area contributed by atoms with Gasteiger partial charge < -0.3 is 5.73 Å². The summed E-state index contributed by atoms with van der Waals surface area (Å²) in [4.78, 5) is 22.9. The summed E-state index contributed by atoms with van der Waals surface area (Å²) in [6, 6.07) is 13.4. The van der Waals surface area contributed by atoms with E-state index in [-0.39, 0.29) is 5.82 Å². The molecule has 0 saturated heterocycles. The van der Waals surface area contributed by atoms with Crippen molar-refractivity contribution in [1.82, 2.24) is 20.4 Å². The zero-order chi connectivity index (χ0) is 16.4. The number of rotatable bonds is 3. The van der Waals surface area contributed by atoms with Crippen LogP contribution in [0, 0.1) is 0 Å². The SMILES string of the molecule is Nc1ncc(-c2cccnc2)nc1C1=NC(c2ccccc2)ON1. The maximum absolute atomic E-state index is 5.97. The van der Waals surface area contributed by atoms with E-state index in [2.05, 4.69) is 25.4 Å². The molecule has 1 unspecified atom stereocenters. The maximum atomic E-state index is 5.97. The molecule has 0 radical (unpaired) electrons. The summed E-state index contributed by atoms with van der Waals surface area (Å²) < 4.78 is 0. The average molecular weight is 318 g/mol. The van der Waals surface area contributed by atoms with Crippen LogP contribution in [-0.2, 0) is 4.84 Å². The van der Waals surface area contributed by atoms with Gasteiger partial charge in [-0.2, -0.15) is 0 Å². The van der Waals surface area contributed by atoms with Crippen molar-refractivity contribution < 1.29 is 4.84 Å². The van der Waals surface area contributed by atoms with Crippen molar-refractivity contribution in [2.45, 2.75) is 6.23 Å². The van der Waals surface area contributed by atoms with Gasteiger partial charge in [-0.1, -0.05) is 30.3 Å². The van der Waals surface area contributed by atoms with Gasteiger partial charge in [0.25, 0.3) is 0 Å². The lowest BCUT2D eigenvalue weighted by Crippen LogP contribution is -2.21. The Morgan fingerprint density at radius 3 is 2.71 bits per heavy atom. The van der Waals surface area contributed by atoms with Crippen LogP contribution in [0.25, 0.3) is 11.3 Å². The molecule has 3 aromatic rings. The summed E-state index contributed by atoms with van der Waals surface area (Å²) in [5.74, 6) is 0.741. The topological polar surface area (TPSA) is 98.3 Å². The van der Waals surface area contributed by atoms with Crippen molar-refractivity contribution in [1.29, 1.82) is 0 Å². The van der Waals surface area contributed by atoms with Crippen molar-refractivity contribution in [3.8, 4) is 11.3 Å². The Morgan fingerprint density at radius 2 is 1.92 bits per heavy atom. The zero-order valence-corrected chi connectivity index (χ0v) is 12.6. The van der Waals surface area contributed by atoms with E-state index in [0.29, 0.717) is 17.2 Å². The molecule has 0 amide bonds. The van der Waals surface area contributed by atoms with E-state index in [4.69, 9.17) is 10.6 Å². The number of pyridine rings is 1. The van der Waals surface area contributed by atoms with Gasteiger partial charge in [0.1, 0.15) is 5.69 Å². The van der Waals surface area contributed by atoms with E-state index < -0.39 is 6.23 Å². The van der Waals surface area contributed by atoms with Crippen LogP contribution in [-0.4, -0.2) is 20.8 Å². The fraction of sp³-hybridized carbons (Fsp3) is 0.0588. The van der Waals surface area contributed by atoms with Gasteiger partial charge in [0, 0.05) is 23.5 Å². The normalized spacial score (nSPS) is 16.5. The summed E-state index contributed by atoms with van der Waals surface area (Å²) in [6.07, 6.45) is 4.60. The van der Waals surface area contributed by atoms with Crippen LogP contribution in [0.1, 0.15) is 17.5 Å². The number of aromatic nitrogens is 3. The Morgan fingerprint density at radius 1 is 1.04 bits per heavy atom. The zero-order valence-electron chi connectivity index (χ0n) is 12.6. The Balaban J connectivity index is 1.69. The molecule has 24 heavy (non-hydrogen) atoms. The molecule has 0 aliphatic carbocycles. The van der Waals surface area contributed by atoms with Crippen LogP contribution >= 0.6 is 0 Å². The van der Waals surface area contributed by atoms with Gasteiger partial charge in [-0.25, -0.2) is 25.3 Å². The molecule has 7 heteroatoms. The number of amidine groups is 1. The number of nitrogens with one attached hydrogen (secondary N) is 1. The van der Waals surface area contributed by atoms with Gasteiger partial charge in [-0.05, 0) is 12.1 Å². The number of benzene rings is 1. The first-order chi connectivity index (χ1) is 11.8. The van der Waals surface area contributed by atoms with Crippen molar-refractivity contribution in [2.75, 3.05) is 5.73 Å². The number of nitrogens with zero attached hydrogens (tertiary/aromatic N) is 4. The van der Waals surface area contributed by atoms with E-state index in [9.17, 15) is 0 Å². The third-order valence-corrected chi connectivity index (χ3v) is 3.58. The predicted molar refractivity (Wildman–Crippen MR) is 89.6 cm³/mol. The number of anilines is 1. The largest absolute Gasteiger partial charge is 0.382 e. The minimum Gasteiger partial charge on any atom is -0.382 e. The van der Waals surface area contributed by atoms with Crippen LogP contribution in [0.4, 0.5) is 5.82 Å². The highest BCUT2D eigenvalue weighted by atomic mass is 16.7. The van der Waals surface area contributed by atoms with Crippen LogP contribution in [0.3, 0.4) is 0 Å². The predicted octanol–water partition coefficient (Wildman–Crippen LogP) is 2.10. The molecule has 1 aromatic carbocycles. The Bertz CT molecular complexity index is 882. The second-order valence-corrected chi connectivity index (χ2v) is 5.19. The Kier molecular flexibility index (Phi) is 3.60. The molecule has 0 bridgehead atoms. The Hall–Kier alpha value is -3.32. The molecular formula is C17H14N6O. The minimum absolute atomic E-state index is 0.284. The highest BCUT2D eigenvalue weighted by Crippen LogP contribution is 2.24. The molecule has 3 heterocycles. The van der Waals surface area contributed by atoms with E-state index in [0.717, 1.165) is 11.1 Å². The smallest absolute Gasteiger partial charge is 0.202 e. The average Bonchev–Trinajstić information content (AvgIpc) is 3.13. The van der Waals surface area contributed by atoms with Gasteiger partial charge in [0.05, 0.1) is 11.9 Å². The van der Waals surface area contributed by atoms with Gasteiger partial charge >= 0.3 is 0 Å². The third-order valence-electron chi connectivity index (χ3n) is 3.58. The molecule has 1 atom stereocenters. The first-order valence-corrected chi connectivity index (χ1v) is 7.39. The van der Waals surface area contributed by atoms with Crippen molar-refractivity contribution >= 4 is 11.7 Å². The molecule has 7 nitrogen and oxygen atoms in total. The summed E-state index contributed by atoms with van der Waals surface area (Å²) in [5.41, 5.74) is 11.7. The number of hydrogen-bond acceptors (Lipinski definition) is 7. The molecule has 3 N–H and O–H groups in total. The summed E-state index contributed by atoms with van der Waals surface area (Å²) in [6.45, 7) is 0. The minimum atomic E-state index is -0.440. The molecule has 4 rings (SSSR count). The monoisotopic (exact) mass is 318 g/mol. The summed E-state index contributed by atoms with van der Waals surface area (Å²) in [5, 5.41) is 0. The number of nitrogens with two attached hydrogens (primary N) is 1. The molecule has 0 spiro atoms. The number of hydrogen-bond donors (Lipinski definition) is 2. The van der Waals surface area contributed by atoms with Crippen molar-refractivity contribution in [2.24, 2.45) is 4.99 Å². The maximum Gasteiger partial charge on any atom is 0.202 e. The lowest BCUT2D eigenvalue weighted by atomic mass is 10.2. The van der Waals surface area contributed by atoms with Crippen LogP contribution in [0.5, 0.6) is 0 Å². The molecule has 2 aromatic heterocycles. The van der Waals surface area contributed by atoms with E-state index in [1.165, 1.54) is 0 Å². The standard InChI is InChI=1S/C17H14N6O/c18-15-14(21-13(10-20-15)12-7-4-8-19-9-12)16-22-17(24-23-16)11-5-2-1-3-6-11/h1-10,17H,(H2,18,20)(H,22,23). The number of aliphatic imine (C=N–C) groups is 1. The van der Waals surface area contributed by atoms with Gasteiger partial charge in [0.2, 0.25) is 6.23 Å².